The SMILES string of the molecule is Cc1nc(Nc2c(C)cccc2C)cc(C(=O)Nc2ccccc2C)n1. The second-order valence-corrected chi connectivity index (χ2v) is 6.35. The fraction of sp³-hybridized carbons (Fsp3) is 0.190. The molecule has 0 aliphatic heterocycles. The van der Waals surface area contributed by atoms with Gasteiger partial charge in [-0.1, -0.05) is 36.4 Å². The van der Waals surface area contributed by atoms with Gasteiger partial charge in [-0.3, -0.25) is 4.79 Å². The largest absolute Gasteiger partial charge is 0.340 e. The summed E-state index contributed by atoms with van der Waals surface area (Å²) in [5.41, 5.74) is 5.34. The van der Waals surface area contributed by atoms with Crippen LogP contribution < -0.4 is 10.6 Å². The van der Waals surface area contributed by atoms with Gasteiger partial charge >= 0.3 is 0 Å². The van der Waals surface area contributed by atoms with Crippen LogP contribution in [0.1, 0.15) is 33.0 Å². The normalized spacial score (nSPS) is 10.5. The minimum atomic E-state index is -0.255. The van der Waals surface area contributed by atoms with Gasteiger partial charge in [-0.15, -0.1) is 0 Å². The number of benzene rings is 2. The molecule has 132 valence electrons. The Morgan fingerprint density at radius 3 is 2.19 bits per heavy atom. The van der Waals surface area contributed by atoms with E-state index < -0.39 is 0 Å². The summed E-state index contributed by atoms with van der Waals surface area (Å²) in [6.07, 6.45) is 0. The van der Waals surface area contributed by atoms with Crippen molar-refractivity contribution < 1.29 is 4.79 Å². The highest BCUT2D eigenvalue weighted by Crippen LogP contribution is 2.24. The number of carbonyl (C=O) groups excluding carboxylic acids is 1. The Bertz CT molecular complexity index is 946. The van der Waals surface area contributed by atoms with Gasteiger partial charge in [0.25, 0.3) is 5.91 Å². The monoisotopic (exact) mass is 346 g/mol. The van der Waals surface area contributed by atoms with Crippen molar-refractivity contribution in [2.75, 3.05) is 10.6 Å². The van der Waals surface area contributed by atoms with Crippen molar-refractivity contribution in [2.45, 2.75) is 27.7 Å². The number of anilines is 3. The number of carbonyl (C=O) groups is 1. The van der Waals surface area contributed by atoms with Gasteiger partial charge in [0.2, 0.25) is 0 Å². The van der Waals surface area contributed by atoms with Crippen LogP contribution in [0.3, 0.4) is 0 Å². The van der Waals surface area contributed by atoms with E-state index in [2.05, 4.69) is 20.6 Å². The lowest BCUT2D eigenvalue weighted by Crippen LogP contribution is -2.16. The molecule has 0 unspecified atom stereocenters. The van der Waals surface area contributed by atoms with E-state index in [1.807, 2.05) is 63.2 Å². The van der Waals surface area contributed by atoms with E-state index in [4.69, 9.17) is 0 Å². The molecule has 0 fully saturated rings. The first kappa shape index (κ1) is 17.6. The van der Waals surface area contributed by atoms with Crippen molar-refractivity contribution in [3.05, 3.63) is 76.7 Å². The maximum atomic E-state index is 12.6. The van der Waals surface area contributed by atoms with E-state index in [1.165, 1.54) is 0 Å². The van der Waals surface area contributed by atoms with Crippen LogP contribution in [0.5, 0.6) is 0 Å². The van der Waals surface area contributed by atoms with Crippen molar-refractivity contribution in [1.82, 2.24) is 9.97 Å². The molecule has 0 spiro atoms. The molecule has 0 saturated carbocycles. The van der Waals surface area contributed by atoms with E-state index >= 15 is 0 Å². The Morgan fingerprint density at radius 1 is 0.846 bits per heavy atom. The number of nitrogens with one attached hydrogen (secondary N) is 2. The van der Waals surface area contributed by atoms with Crippen molar-refractivity contribution in [2.24, 2.45) is 0 Å². The number of amides is 1. The van der Waals surface area contributed by atoms with Crippen LogP contribution in [-0.4, -0.2) is 15.9 Å². The highest BCUT2D eigenvalue weighted by atomic mass is 16.1. The lowest BCUT2D eigenvalue weighted by molar-refractivity contribution is 0.102. The number of aryl methyl sites for hydroxylation is 4. The molecule has 0 radical (unpaired) electrons. The van der Waals surface area contributed by atoms with Crippen LogP contribution in [-0.2, 0) is 0 Å². The third-order valence-electron chi connectivity index (χ3n) is 4.20. The Labute approximate surface area is 153 Å². The number of aromatic nitrogens is 2. The summed E-state index contributed by atoms with van der Waals surface area (Å²) in [6, 6.07) is 15.4. The standard InChI is InChI=1S/C21H22N4O/c1-13-8-5-6-11-17(13)24-21(26)18-12-19(23-16(4)22-18)25-20-14(2)9-7-10-15(20)3/h5-12H,1-4H3,(H,24,26)(H,22,23,25). The second-order valence-electron chi connectivity index (χ2n) is 6.35. The summed E-state index contributed by atoms with van der Waals surface area (Å²) in [4.78, 5) is 21.3. The summed E-state index contributed by atoms with van der Waals surface area (Å²) >= 11 is 0. The van der Waals surface area contributed by atoms with Gasteiger partial charge in [0.15, 0.2) is 0 Å². The van der Waals surface area contributed by atoms with Crippen LogP contribution in [0.25, 0.3) is 0 Å². The molecule has 2 aromatic carbocycles. The molecule has 0 aliphatic carbocycles. The van der Waals surface area contributed by atoms with E-state index in [1.54, 1.807) is 13.0 Å². The van der Waals surface area contributed by atoms with Crippen molar-refractivity contribution in [1.29, 1.82) is 0 Å². The molecule has 3 rings (SSSR count). The zero-order chi connectivity index (χ0) is 18.7. The zero-order valence-electron chi connectivity index (χ0n) is 15.4. The van der Waals surface area contributed by atoms with Crippen molar-refractivity contribution >= 4 is 23.1 Å². The van der Waals surface area contributed by atoms with Gasteiger partial charge in [0.1, 0.15) is 17.3 Å². The lowest BCUT2D eigenvalue weighted by Gasteiger charge is -2.13. The Balaban J connectivity index is 1.88. The highest BCUT2D eigenvalue weighted by Gasteiger charge is 2.13. The van der Waals surface area contributed by atoms with Crippen LogP contribution >= 0.6 is 0 Å². The van der Waals surface area contributed by atoms with Gasteiger partial charge in [-0.25, -0.2) is 9.97 Å². The zero-order valence-corrected chi connectivity index (χ0v) is 15.4. The van der Waals surface area contributed by atoms with Crippen molar-refractivity contribution in [3.8, 4) is 0 Å². The van der Waals surface area contributed by atoms with Crippen LogP contribution in [0.15, 0.2) is 48.5 Å². The number of para-hydroxylation sites is 2. The maximum Gasteiger partial charge on any atom is 0.274 e. The minimum absolute atomic E-state index is 0.255. The molecular weight excluding hydrogens is 324 g/mol. The van der Waals surface area contributed by atoms with Gasteiger partial charge in [0.05, 0.1) is 0 Å². The molecular formula is C21H22N4O. The molecule has 1 aromatic heterocycles. The minimum Gasteiger partial charge on any atom is -0.340 e. The van der Waals surface area contributed by atoms with Gasteiger partial charge in [0, 0.05) is 17.4 Å². The maximum absolute atomic E-state index is 12.6. The average molecular weight is 346 g/mol. The molecule has 26 heavy (non-hydrogen) atoms. The Hall–Kier alpha value is -3.21. The summed E-state index contributed by atoms with van der Waals surface area (Å²) in [5.74, 6) is 0.885. The van der Waals surface area contributed by atoms with E-state index in [0.29, 0.717) is 17.3 Å². The first-order chi connectivity index (χ1) is 12.4. The van der Waals surface area contributed by atoms with Gasteiger partial charge in [-0.2, -0.15) is 0 Å². The highest BCUT2D eigenvalue weighted by molar-refractivity contribution is 6.03. The first-order valence-electron chi connectivity index (χ1n) is 8.50. The smallest absolute Gasteiger partial charge is 0.274 e. The third-order valence-corrected chi connectivity index (χ3v) is 4.20. The molecule has 1 heterocycles. The number of hydrogen-bond acceptors (Lipinski definition) is 4. The second kappa shape index (κ2) is 7.35. The molecule has 0 saturated heterocycles. The van der Waals surface area contributed by atoms with Crippen molar-refractivity contribution in [3.63, 3.8) is 0 Å². The molecule has 0 bridgehead atoms. The fourth-order valence-electron chi connectivity index (χ4n) is 2.79. The lowest BCUT2D eigenvalue weighted by atomic mass is 10.1. The molecule has 0 atom stereocenters. The van der Waals surface area contributed by atoms with E-state index in [0.717, 1.165) is 28.1 Å². The molecule has 2 N–H and O–H groups in total. The summed E-state index contributed by atoms with van der Waals surface area (Å²) in [5, 5.41) is 6.23. The third kappa shape index (κ3) is 3.88. The van der Waals surface area contributed by atoms with Gasteiger partial charge in [-0.05, 0) is 50.5 Å². The summed E-state index contributed by atoms with van der Waals surface area (Å²) in [6.45, 7) is 7.81. The Kier molecular flexibility index (Phi) is 4.98. The fourth-order valence-corrected chi connectivity index (χ4v) is 2.79. The molecule has 0 aliphatic rings. The summed E-state index contributed by atoms with van der Waals surface area (Å²) < 4.78 is 0. The number of hydrogen-bond donors (Lipinski definition) is 2. The van der Waals surface area contributed by atoms with Crippen LogP contribution in [0.2, 0.25) is 0 Å². The van der Waals surface area contributed by atoms with Crippen LogP contribution in [0, 0.1) is 27.7 Å². The number of rotatable bonds is 4. The predicted octanol–water partition coefficient (Wildman–Crippen LogP) is 4.71. The molecule has 5 heteroatoms. The van der Waals surface area contributed by atoms with E-state index in [-0.39, 0.29) is 5.91 Å². The number of nitrogens with zero attached hydrogens (tertiary/aromatic N) is 2. The van der Waals surface area contributed by atoms with E-state index in [9.17, 15) is 4.79 Å². The Morgan fingerprint density at radius 2 is 1.50 bits per heavy atom. The van der Waals surface area contributed by atoms with Gasteiger partial charge < -0.3 is 10.6 Å². The van der Waals surface area contributed by atoms with Crippen LogP contribution in [0.4, 0.5) is 17.2 Å². The predicted molar refractivity (Wildman–Crippen MR) is 105 cm³/mol. The average Bonchev–Trinajstić information content (AvgIpc) is 2.60. The first-order valence-corrected chi connectivity index (χ1v) is 8.50. The molecule has 3 aromatic rings. The quantitative estimate of drug-likeness (QED) is 0.718. The summed E-state index contributed by atoms with van der Waals surface area (Å²) in [7, 11) is 0. The molecule has 1 amide bonds. The molecule has 5 nitrogen and oxygen atoms in total. The topological polar surface area (TPSA) is 66.9 Å².